The molecule has 21 heavy (non-hydrogen) atoms. The number of aromatic nitrogens is 2. The molecule has 0 N–H and O–H groups in total. The second-order valence-corrected chi connectivity index (χ2v) is 5.37. The first kappa shape index (κ1) is 13.7. The van der Waals surface area contributed by atoms with E-state index < -0.39 is 0 Å². The van der Waals surface area contributed by atoms with E-state index in [-0.39, 0.29) is 0 Å². The fourth-order valence-electron chi connectivity index (χ4n) is 2.91. The Morgan fingerprint density at radius 1 is 1.19 bits per heavy atom. The van der Waals surface area contributed by atoms with Gasteiger partial charge in [-0.15, -0.1) is 0 Å². The van der Waals surface area contributed by atoms with Crippen LogP contribution in [-0.2, 0) is 13.6 Å². The van der Waals surface area contributed by atoms with E-state index in [1.165, 1.54) is 17.0 Å². The first-order valence-corrected chi connectivity index (χ1v) is 7.34. The lowest BCUT2D eigenvalue weighted by Gasteiger charge is -2.04. The number of nitrogens with zero attached hydrogens (tertiary/aromatic N) is 2. The minimum atomic E-state index is 0.859. The number of hydrogen-bond acceptors (Lipinski definition) is 1. The van der Waals surface area contributed by atoms with Crippen molar-refractivity contribution in [2.75, 3.05) is 0 Å². The number of para-hydroxylation sites is 2. The summed E-state index contributed by atoms with van der Waals surface area (Å²) in [5, 5.41) is 0. The molecule has 0 saturated heterocycles. The molecule has 0 saturated carbocycles. The van der Waals surface area contributed by atoms with Gasteiger partial charge in [-0.25, -0.2) is 0 Å². The Morgan fingerprint density at radius 3 is 2.62 bits per heavy atom. The Hall–Kier alpha value is -2.29. The molecule has 3 heteroatoms. The minimum Gasteiger partial charge on any atom is -0.398 e. The van der Waals surface area contributed by atoms with Crippen molar-refractivity contribution in [3.63, 3.8) is 0 Å². The second kappa shape index (κ2) is 5.24. The van der Waals surface area contributed by atoms with Crippen LogP contribution in [0.2, 0.25) is 0 Å². The molecule has 1 aromatic carbocycles. The van der Waals surface area contributed by atoms with Crippen LogP contribution in [0.4, 0.5) is 0 Å². The Balaban J connectivity index is 2.00. The number of fused-ring (bicyclic) bond motifs is 1. The van der Waals surface area contributed by atoms with Crippen LogP contribution in [0.25, 0.3) is 23.3 Å². The molecular formula is C18H21N2O+. The van der Waals surface area contributed by atoms with Crippen LogP contribution >= 0.6 is 0 Å². The summed E-state index contributed by atoms with van der Waals surface area (Å²) < 4.78 is 10.3. The zero-order valence-electron chi connectivity index (χ0n) is 13.1. The van der Waals surface area contributed by atoms with Crippen LogP contribution in [0.15, 0.2) is 34.7 Å². The highest BCUT2D eigenvalue weighted by Gasteiger charge is 2.15. The summed E-state index contributed by atoms with van der Waals surface area (Å²) in [6.07, 6.45) is 4.17. The van der Waals surface area contributed by atoms with Gasteiger partial charge in [0.1, 0.15) is 7.05 Å². The van der Waals surface area contributed by atoms with E-state index in [1.807, 2.05) is 31.3 Å². The van der Waals surface area contributed by atoms with E-state index in [4.69, 9.17) is 4.42 Å². The molecule has 0 aliphatic rings. The third-order valence-corrected chi connectivity index (χ3v) is 4.11. The molecule has 2 aromatic heterocycles. The Bertz CT molecular complexity index is 821. The SMILES string of the molecule is CCn1c(C)cc(C=Cc2oc3ccccc3[n+]2C)c1C. The van der Waals surface area contributed by atoms with Gasteiger partial charge >= 0.3 is 5.89 Å². The van der Waals surface area contributed by atoms with Gasteiger partial charge in [0.2, 0.25) is 5.58 Å². The monoisotopic (exact) mass is 281 g/mol. The van der Waals surface area contributed by atoms with E-state index >= 15 is 0 Å². The maximum atomic E-state index is 5.89. The molecule has 0 amide bonds. The topological polar surface area (TPSA) is 21.9 Å². The lowest BCUT2D eigenvalue weighted by atomic mass is 10.2. The molecule has 108 valence electrons. The average Bonchev–Trinajstić information content (AvgIpc) is 2.94. The largest absolute Gasteiger partial charge is 0.398 e. The summed E-state index contributed by atoms with van der Waals surface area (Å²) in [5.74, 6) is 0.859. The summed E-state index contributed by atoms with van der Waals surface area (Å²) >= 11 is 0. The van der Waals surface area contributed by atoms with Crippen LogP contribution in [0.1, 0.15) is 29.8 Å². The molecule has 3 nitrogen and oxygen atoms in total. The van der Waals surface area contributed by atoms with Crippen LogP contribution in [0, 0.1) is 13.8 Å². The first-order chi connectivity index (χ1) is 10.1. The van der Waals surface area contributed by atoms with Gasteiger partial charge in [0.15, 0.2) is 0 Å². The van der Waals surface area contributed by atoms with Gasteiger partial charge in [0.05, 0.1) is 6.08 Å². The minimum absolute atomic E-state index is 0.859. The molecule has 0 atom stereocenters. The fourth-order valence-corrected chi connectivity index (χ4v) is 2.91. The van der Waals surface area contributed by atoms with Crippen molar-refractivity contribution in [1.29, 1.82) is 0 Å². The molecule has 0 fully saturated rings. The van der Waals surface area contributed by atoms with Gasteiger partial charge in [-0.2, -0.15) is 4.57 Å². The predicted molar refractivity (Wildman–Crippen MR) is 85.9 cm³/mol. The van der Waals surface area contributed by atoms with E-state index in [0.29, 0.717) is 0 Å². The smallest absolute Gasteiger partial charge is 0.373 e. The molecule has 0 aliphatic carbocycles. The fraction of sp³-hybridized carbons (Fsp3) is 0.278. The molecule has 0 aliphatic heterocycles. The van der Waals surface area contributed by atoms with Crippen LogP contribution in [-0.4, -0.2) is 4.57 Å². The maximum Gasteiger partial charge on any atom is 0.373 e. The zero-order valence-corrected chi connectivity index (χ0v) is 13.1. The van der Waals surface area contributed by atoms with Crippen molar-refractivity contribution in [2.24, 2.45) is 7.05 Å². The Labute approximate surface area is 125 Å². The van der Waals surface area contributed by atoms with E-state index in [2.05, 4.69) is 48.1 Å². The Morgan fingerprint density at radius 2 is 1.95 bits per heavy atom. The third kappa shape index (κ3) is 2.29. The van der Waals surface area contributed by atoms with Crippen molar-refractivity contribution in [1.82, 2.24) is 4.57 Å². The standard InChI is InChI=1S/C18H21N2O/c1-5-20-13(2)12-15(14(20)3)10-11-18-19(4)16-8-6-7-9-17(16)21-18/h6-12H,5H2,1-4H3/q+1. The van der Waals surface area contributed by atoms with Gasteiger partial charge < -0.3 is 8.98 Å². The second-order valence-electron chi connectivity index (χ2n) is 5.37. The predicted octanol–water partition coefficient (Wildman–Crippen LogP) is 3.87. The molecule has 3 aromatic rings. The Kier molecular flexibility index (Phi) is 3.42. The van der Waals surface area contributed by atoms with E-state index in [0.717, 1.165) is 23.5 Å². The summed E-state index contributed by atoms with van der Waals surface area (Å²) in [7, 11) is 2.03. The molecule has 2 heterocycles. The van der Waals surface area contributed by atoms with Crippen LogP contribution in [0.5, 0.6) is 0 Å². The lowest BCUT2D eigenvalue weighted by Crippen LogP contribution is -2.29. The molecule has 0 unspecified atom stereocenters. The number of benzene rings is 1. The first-order valence-electron chi connectivity index (χ1n) is 7.34. The highest BCUT2D eigenvalue weighted by atomic mass is 16.3. The number of hydrogen-bond donors (Lipinski definition) is 0. The van der Waals surface area contributed by atoms with Crippen LogP contribution in [0.3, 0.4) is 0 Å². The highest BCUT2D eigenvalue weighted by Crippen LogP contribution is 2.19. The van der Waals surface area contributed by atoms with Crippen molar-refractivity contribution in [2.45, 2.75) is 27.3 Å². The van der Waals surface area contributed by atoms with Crippen molar-refractivity contribution in [3.8, 4) is 0 Å². The van der Waals surface area contributed by atoms with Crippen molar-refractivity contribution in [3.05, 3.63) is 53.2 Å². The number of rotatable bonds is 3. The lowest BCUT2D eigenvalue weighted by molar-refractivity contribution is -0.651. The molecular weight excluding hydrogens is 260 g/mol. The van der Waals surface area contributed by atoms with Crippen molar-refractivity contribution >= 4 is 23.3 Å². The third-order valence-electron chi connectivity index (χ3n) is 4.11. The number of aryl methyl sites for hydroxylation is 2. The van der Waals surface area contributed by atoms with Gasteiger partial charge in [0.25, 0.3) is 5.52 Å². The van der Waals surface area contributed by atoms with E-state index in [1.54, 1.807) is 0 Å². The zero-order chi connectivity index (χ0) is 15.0. The quantitative estimate of drug-likeness (QED) is 0.668. The average molecular weight is 281 g/mol. The normalized spacial score (nSPS) is 11.8. The van der Waals surface area contributed by atoms with Crippen molar-refractivity contribution < 1.29 is 8.98 Å². The van der Waals surface area contributed by atoms with Gasteiger partial charge in [-0.1, -0.05) is 12.1 Å². The molecule has 3 rings (SSSR count). The maximum absolute atomic E-state index is 5.89. The molecule has 0 bridgehead atoms. The van der Waals surface area contributed by atoms with Gasteiger partial charge in [-0.05, 0) is 44.5 Å². The van der Waals surface area contributed by atoms with Crippen LogP contribution < -0.4 is 4.57 Å². The molecule has 0 radical (unpaired) electrons. The summed E-state index contributed by atoms with van der Waals surface area (Å²) in [5.41, 5.74) is 5.86. The highest BCUT2D eigenvalue weighted by molar-refractivity contribution is 5.72. The number of oxazole rings is 1. The molecule has 0 spiro atoms. The van der Waals surface area contributed by atoms with E-state index in [9.17, 15) is 0 Å². The summed E-state index contributed by atoms with van der Waals surface area (Å²) in [6.45, 7) is 7.49. The summed E-state index contributed by atoms with van der Waals surface area (Å²) in [4.78, 5) is 0. The summed E-state index contributed by atoms with van der Waals surface area (Å²) in [6, 6.07) is 10.3. The van der Waals surface area contributed by atoms with Gasteiger partial charge in [-0.3, -0.25) is 0 Å². The van der Waals surface area contributed by atoms with Gasteiger partial charge in [0, 0.05) is 24.0 Å².